The number of nitrogens with one attached hydrogen (secondary N) is 1. The molecule has 0 saturated heterocycles. The molecule has 1 aliphatic heterocycles. The molecule has 5 nitrogen and oxygen atoms in total. The van der Waals surface area contributed by atoms with Crippen LogP contribution in [-0.4, -0.2) is 26.7 Å². The van der Waals surface area contributed by atoms with Crippen LogP contribution in [0.15, 0.2) is 35.1 Å². The number of hydrogen-bond acceptors (Lipinski definition) is 3. The molecular formula is C14H12BrN3O2. The van der Waals surface area contributed by atoms with E-state index >= 15 is 0 Å². The first-order chi connectivity index (χ1) is 9.63. The standard InChI is InChI=1S/C14H12BrN3O2/c1-2-11(12-16-5-6-17-12)18-13(19)9-4-3-8(15)7-10(9)14(18)20/h3-7,11H,2H2,1H3,(H,16,17). The molecule has 2 aromatic rings. The molecule has 1 aromatic heterocycles. The minimum Gasteiger partial charge on any atom is -0.347 e. The van der Waals surface area contributed by atoms with Gasteiger partial charge in [0, 0.05) is 16.9 Å². The number of fused-ring (bicyclic) bond motifs is 1. The van der Waals surface area contributed by atoms with Crippen molar-refractivity contribution in [2.45, 2.75) is 19.4 Å². The number of nitrogens with zero attached hydrogens (tertiary/aromatic N) is 2. The van der Waals surface area contributed by atoms with E-state index in [9.17, 15) is 9.59 Å². The van der Waals surface area contributed by atoms with Gasteiger partial charge in [-0.25, -0.2) is 4.98 Å². The van der Waals surface area contributed by atoms with Crippen molar-refractivity contribution in [2.75, 3.05) is 0 Å². The average molecular weight is 334 g/mol. The molecule has 0 aliphatic carbocycles. The predicted molar refractivity (Wildman–Crippen MR) is 76.3 cm³/mol. The van der Waals surface area contributed by atoms with Crippen LogP contribution in [0.3, 0.4) is 0 Å². The Balaban J connectivity index is 2.05. The zero-order valence-electron chi connectivity index (χ0n) is 10.8. The first-order valence-corrected chi connectivity index (χ1v) is 7.09. The number of carbonyl (C=O) groups is 2. The first kappa shape index (κ1) is 13.1. The molecule has 2 amide bonds. The summed E-state index contributed by atoms with van der Waals surface area (Å²) >= 11 is 3.32. The van der Waals surface area contributed by atoms with Crippen LogP contribution in [0, 0.1) is 0 Å². The second-order valence-electron chi connectivity index (χ2n) is 4.57. The maximum Gasteiger partial charge on any atom is 0.262 e. The molecule has 1 aliphatic rings. The van der Waals surface area contributed by atoms with Crippen LogP contribution in [-0.2, 0) is 0 Å². The number of amides is 2. The number of carbonyl (C=O) groups excluding carboxylic acids is 2. The fraction of sp³-hybridized carbons (Fsp3) is 0.214. The van der Waals surface area contributed by atoms with Gasteiger partial charge in [-0.1, -0.05) is 22.9 Å². The second kappa shape index (κ2) is 4.86. The monoisotopic (exact) mass is 333 g/mol. The lowest BCUT2D eigenvalue weighted by atomic mass is 10.1. The van der Waals surface area contributed by atoms with Gasteiger partial charge >= 0.3 is 0 Å². The summed E-state index contributed by atoms with van der Waals surface area (Å²) in [6, 6.07) is 4.76. The highest BCUT2D eigenvalue weighted by molar-refractivity contribution is 9.10. The molecule has 0 saturated carbocycles. The molecule has 1 atom stereocenters. The Hall–Kier alpha value is -1.95. The lowest BCUT2D eigenvalue weighted by Gasteiger charge is -2.23. The summed E-state index contributed by atoms with van der Waals surface area (Å²) in [6.45, 7) is 1.92. The Morgan fingerprint density at radius 1 is 1.30 bits per heavy atom. The van der Waals surface area contributed by atoms with Gasteiger partial charge in [0.15, 0.2) is 0 Å². The number of imidazole rings is 1. The Morgan fingerprint density at radius 3 is 2.70 bits per heavy atom. The molecule has 0 radical (unpaired) electrons. The van der Waals surface area contributed by atoms with Crippen molar-refractivity contribution in [3.8, 4) is 0 Å². The van der Waals surface area contributed by atoms with E-state index in [0.29, 0.717) is 23.4 Å². The molecule has 1 unspecified atom stereocenters. The fourth-order valence-electron chi connectivity index (χ4n) is 2.47. The summed E-state index contributed by atoms with van der Waals surface area (Å²) in [7, 11) is 0. The summed E-state index contributed by atoms with van der Waals surface area (Å²) in [5, 5.41) is 0. The summed E-state index contributed by atoms with van der Waals surface area (Å²) in [5.74, 6) is 0.0939. The topological polar surface area (TPSA) is 66.1 Å². The number of imide groups is 1. The van der Waals surface area contributed by atoms with Crippen molar-refractivity contribution in [2.24, 2.45) is 0 Å². The molecule has 6 heteroatoms. The van der Waals surface area contributed by atoms with Crippen molar-refractivity contribution in [1.29, 1.82) is 0 Å². The van der Waals surface area contributed by atoms with Gasteiger partial charge in [0.05, 0.1) is 17.2 Å². The number of aromatic nitrogens is 2. The van der Waals surface area contributed by atoms with Gasteiger partial charge in [0.2, 0.25) is 0 Å². The van der Waals surface area contributed by atoms with Crippen LogP contribution in [0.4, 0.5) is 0 Å². The minimum atomic E-state index is -0.365. The Labute approximate surface area is 124 Å². The van der Waals surface area contributed by atoms with Gasteiger partial charge in [-0.05, 0) is 24.6 Å². The Bertz CT molecular complexity index is 682. The zero-order valence-corrected chi connectivity index (χ0v) is 12.3. The quantitative estimate of drug-likeness (QED) is 0.878. The molecule has 1 N–H and O–H groups in total. The third-order valence-electron chi connectivity index (χ3n) is 3.41. The normalized spacial score (nSPS) is 15.6. The fourth-order valence-corrected chi connectivity index (χ4v) is 2.83. The molecule has 20 heavy (non-hydrogen) atoms. The summed E-state index contributed by atoms with van der Waals surface area (Å²) in [6.07, 6.45) is 3.92. The summed E-state index contributed by atoms with van der Waals surface area (Å²) in [5.41, 5.74) is 0.887. The van der Waals surface area contributed by atoms with E-state index in [1.807, 2.05) is 6.92 Å². The minimum absolute atomic E-state index is 0.263. The summed E-state index contributed by atoms with van der Waals surface area (Å²) in [4.78, 5) is 33.4. The number of H-pyrrole nitrogens is 1. The summed E-state index contributed by atoms with van der Waals surface area (Å²) < 4.78 is 0.783. The van der Waals surface area contributed by atoms with Crippen molar-refractivity contribution in [3.05, 3.63) is 52.0 Å². The van der Waals surface area contributed by atoms with Gasteiger partial charge in [0.25, 0.3) is 11.8 Å². The van der Waals surface area contributed by atoms with E-state index in [-0.39, 0.29) is 17.9 Å². The van der Waals surface area contributed by atoms with Crippen LogP contribution in [0.25, 0.3) is 0 Å². The number of rotatable bonds is 3. The number of aromatic amines is 1. The highest BCUT2D eigenvalue weighted by atomic mass is 79.9. The third kappa shape index (κ3) is 1.87. The zero-order chi connectivity index (χ0) is 14.3. The first-order valence-electron chi connectivity index (χ1n) is 6.30. The maximum absolute atomic E-state index is 12.5. The number of halogens is 1. The van der Waals surface area contributed by atoms with Gasteiger partial charge in [-0.2, -0.15) is 0 Å². The van der Waals surface area contributed by atoms with Gasteiger partial charge in [-0.15, -0.1) is 0 Å². The second-order valence-corrected chi connectivity index (χ2v) is 5.48. The highest BCUT2D eigenvalue weighted by Gasteiger charge is 2.40. The van der Waals surface area contributed by atoms with Crippen molar-refractivity contribution in [1.82, 2.24) is 14.9 Å². The highest BCUT2D eigenvalue weighted by Crippen LogP contribution is 2.33. The number of hydrogen-bond donors (Lipinski definition) is 1. The van der Waals surface area contributed by atoms with E-state index in [4.69, 9.17) is 0 Å². The lowest BCUT2D eigenvalue weighted by molar-refractivity contribution is 0.0571. The van der Waals surface area contributed by atoms with E-state index in [1.165, 1.54) is 4.90 Å². The molecule has 1 aromatic carbocycles. The Kier molecular flexibility index (Phi) is 3.17. The molecule has 0 spiro atoms. The van der Waals surface area contributed by atoms with Crippen LogP contribution in [0.5, 0.6) is 0 Å². The molecule has 0 bridgehead atoms. The lowest BCUT2D eigenvalue weighted by Crippen LogP contribution is -2.34. The van der Waals surface area contributed by atoms with E-state index in [1.54, 1.807) is 30.6 Å². The molecular weight excluding hydrogens is 322 g/mol. The van der Waals surface area contributed by atoms with E-state index < -0.39 is 0 Å². The number of benzene rings is 1. The molecule has 3 rings (SSSR count). The van der Waals surface area contributed by atoms with Crippen LogP contribution >= 0.6 is 15.9 Å². The van der Waals surface area contributed by atoms with Crippen molar-refractivity contribution < 1.29 is 9.59 Å². The SMILES string of the molecule is CCC(c1ncc[nH]1)N1C(=O)c2ccc(Br)cc2C1=O. The largest absolute Gasteiger partial charge is 0.347 e. The van der Waals surface area contributed by atoms with Crippen LogP contribution < -0.4 is 0 Å². The molecule has 102 valence electrons. The van der Waals surface area contributed by atoms with Gasteiger partial charge in [-0.3, -0.25) is 14.5 Å². The molecule has 2 heterocycles. The maximum atomic E-state index is 12.5. The van der Waals surface area contributed by atoms with Crippen molar-refractivity contribution in [3.63, 3.8) is 0 Å². The van der Waals surface area contributed by atoms with Gasteiger partial charge in [0.1, 0.15) is 5.82 Å². The smallest absolute Gasteiger partial charge is 0.262 e. The molecule has 0 fully saturated rings. The van der Waals surface area contributed by atoms with Crippen LogP contribution in [0.1, 0.15) is 45.9 Å². The van der Waals surface area contributed by atoms with Crippen molar-refractivity contribution >= 4 is 27.7 Å². The average Bonchev–Trinajstić information content (AvgIpc) is 3.03. The van der Waals surface area contributed by atoms with E-state index in [0.717, 1.165) is 4.47 Å². The predicted octanol–water partition coefficient (Wildman–Crippen LogP) is 2.92. The Morgan fingerprint density at radius 2 is 2.05 bits per heavy atom. The van der Waals surface area contributed by atoms with Gasteiger partial charge < -0.3 is 4.98 Å². The van der Waals surface area contributed by atoms with E-state index in [2.05, 4.69) is 25.9 Å². The van der Waals surface area contributed by atoms with Crippen LogP contribution in [0.2, 0.25) is 0 Å². The third-order valence-corrected chi connectivity index (χ3v) is 3.91.